The van der Waals surface area contributed by atoms with Crippen LogP contribution in [-0.4, -0.2) is 40.9 Å². The normalized spacial score (nSPS) is 21.9. The summed E-state index contributed by atoms with van der Waals surface area (Å²) in [6.45, 7) is 5.13. The van der Waals surface area contributed by atoms with E-state index in [1.54, 1.807) is 0 Å². The summed E-state index contributed by atoms with van der Waals surface area (Å²) in [7, 11) is 0. The molecule has 2 N–H and O–H groups in total. The van der Waals surface area contributed by atoms with Gasteiger partial charge in [0.15, 0.2) is 0 Å². The topological polar surface area (TPSA) is 46.3 Å². The fourth-order valence-electron chi connectivity index (χ4n) is 2.47. The molecule has 0 saturated carbocycles. The molecular formula is C14H28N2OS. The number of hydrogen-bond donors (Lipinski definition) is 1. The first-order valence-corrected chi connectivity index (χ1v) is 8.45. The van der Waals surface area contributed by atoms with Crippen LogP contribution in [0.3, 0.4) is 0 Å². The summed E-state index contributed by atoms with van der Waals surface area (Å²) < 4.78 is 0. The zero-order valence-electron chi connectivity index (χ0n) is 11.9. The first-order chi connectivity index (χ1) is 8.66. The first-order valence-electron chi connectivity index (χ1n) is 7.29. The van der Waals surface area contributed by atoms with E-state index in [9.17, 15) is 4.79 Å². The van der Waals surface area contributed by atoms with Gasteiger partial charge in [0.05, 0.1) is 0 Å². The first kappa shape index (κ1) is 15.8. The second kappa shape index (κ2) is 8.81. The molecule has 4 heteroatoms. The van der Waals surface area contributed by atoms with Crippen LogP contribution < -0.4 is 5.73 Å². The minimum atomic E-state index is 0.0991. The number of rotatable bonds is 7. The molecule has 1 amide bonds. The van der Waals surface area contributed by atoms with Crippen LogP contribution in [0.5, 0.6) is 0 Å². The third kappa shape index (κ3) is 5.19. The fraction of sp³-hybridized carbons (Fsp3) is 0.929. The van der Waals surface area contributed by atoms with E-state index in [0.717, 1.165) is 25.1 Å². The van der Waals surface area contributed by atoms with Gasteiger partial charge in [0.25, 0.3) is 0 Å². The Morgan fingerprint density at radius 2 is 2.22 bits per heavy atom. The van der Waals surface area contributed by atoms with Crippen molar-refractivity contribution in [3.05, 3.63) is 0 Å². The molecule has 0 aromatic rings. The molecule has 0 radical (unpaired) electrons. The summed E-state index contributed by atoms with van der Waals surface area (Å²) in [6.07, 6.45) is 6.59. The smallest absolute Gasteiger partial charge is 0.223 e. The number of unbranched alkanes of at least 4 members (excludes halogenated alkanes) is 1. The molecule has 18 heavy (non-hydrogen) atoms. The zero-order valence-corrected chi connectivity index (χ0v) is 12.7. The number of carbonyl (C=O) groups is 1. The highest BCUT2D eigenvalue weighted by Gasteiger charge is 2.28. The van der Waals surface area contributed by atoms with Crippen molar-refractivity contribution in [2.75, 3.05) is 18.1 Å². The Kier molecular flexibility index (Phi) is 7.75. The Bertz CT molecular complexity index is 246. The van der Waals surface area contributed by atoms with Gasteiger partial charge < -0.3 is 10.6 Å². The molecule has 1 fully saturated rings. The van der Waals surface area contributed by atoms with E-state index in [1.165, 1.54) is 25.0 Å². The molecule has 1 heterocycles. The van der Waals surface area contributed by atoms with Crippen molar-refractivity contribution >= 4 is 17.7 Å². The van der Waals surface area contributed by atoms with E-state index < -0.39 is 0 Å². The van der Waals surface area contributed by atoms with Crippen LogP contribution in [0.25, 0.3) is 0 Å². The molecule has 2 atom stereocenters. The standard InChI is InChI=1S/C14H28N2OS/c1-3-4-10-18-11-8-14(17)16-9-6-5-7-13(16)12(2)15/h12-13H,3-11,15H2,1-2H3. The van der Waals surface area contributed by atoms with Gasteiger partial charge in [0, 0.05) is 30.8 Å². The van der Waals surface area contributed by atoms with Crippen LogP contribution in [0.15, 0.2) is 0 Å². The average Bonchev–Trinajstić information content (AvgIpc) is 2.38. The van der Waals surface area contributed by atoms with Crippen LogP contribution in [0.4, 0.5) is 0 Å². The SMILES string of the molecule is CCCCSCCC(=O)N1CCCCC1C(C)N. The Morgan fingerprint density at radius 3 is 2.89 bits per heavy atom. The number of amides is 1. The van der Waals surface area contributed by atoms with Crippen molar-refractivity contribution in [2.45, 2.75) is 64.5 Å². The van der Waals surface area contributed by atoms with Crippen molar-refractivity contribution in [3.8, 4) is 0 Å². The summed E-state index contributed by atoms with van der Waals surface area (Å²) in [5.41, 5.74) is 5.99. The largest absolute Gasteiger partial charge is 0.338 e. The zero-order chi connectivity index (χ0) is 13.4. The summed E-state index contributed by atoms with van der Waals surface area (Å²) in [4.78, 5) is 14.2. The number of likely N-dealkylation sites (tertiary alicyclic amines) is 1. The molecule has 0 spiro atoms. The summed E-state index contributed by atoms with van der Waals surface area (Å²) >= 11 is 1.90. The summed E-state index contributed by atoms with van der Waals surface area (Å²) in [5.74, 6) is 2.45. The number of hydrogen-bond acceptors (Lipinski definition) is 3. The van der Waals surface area contributed by atoms with Gasteiger partial charge in [-0.15, -0.1) is 0 Å². The predicted octanol–water partition coefficient (Wildman–Crippen LogP) is 2.64. The lowest BCUT2D eigenvalue weighted by molar-refractivity contribution is -0.134. The van der Waals surface area contributed by atoms with Crippen molar-refractivity contribution in [1.82, 2.24) is 4.90 Å². The van der Waals surface area contributed by atoms with Crippen molar-refractivity contribution in [3.63, 3.8) is 0 Å². The number of nitrogens with zero attached hydrogens (tertiary/aromatic N) is 1. The van der Waals surface area contributed by atoms with E-state index in [1.807, 2.05) is 23.6 Å². The lowest BCUT2D eigenvalue weighted by Gasteiger charge is -2.38. The van der Waals surface area contributed by atoms with Crippen LogP contribution in [0.2, 0.25) is 0 Å². The maximum atomic E-state index is 12.2. The maximum Gasteiger partial charge on any atom is 0.223 e. The van der Waals surface area contributed by atoms with Crippen molar-refractivity contribution in [1.29, 1.82) is 0 Å². The maximum absolute atomic E-state index is 12.2. The molecule has 0 bridgehead atoms. The Morgan fingerprint density at radius 1 is 1.44 bits per heavy atom. The van der Waals surface area contributed by atoms with Crippen molar-refractivity contribution in [2.24, 2.45) is 5.73 Å². The molecular weight excluding hydrogens is 244 g/mol. The fourth-order valence-corrected chi connectivity index (χ4v) is 3.48. The second-order valence-corrected chi connectivity index (χ2v) is 6.45. The van der Waals surface area contributed by atoms with Crippen molar-refractivity contribution < 1.29 is 4.79 Å². The highest BCUT2D eigenvalue weighted by Crippen LogP contribution is 2.20. The highest BCUT2D eigenvalue weighted by molar-refractivity contribution is 7.99. The minimum Gasteiger partial charge on any atom is -0.338 e. The van der Waals surface area contributed by atoms with Gasteiger partial charge in [-0.25, -0.2) is 0 Å². The molecule has 3 nitrogen and oxygen atoms in total. The Hall–Kier alpha value is -0.220. The predicted molar refractivity (Wildman–Crippen MR) is 79.9 cm³/mol. The molecule has 1 aliphatic rings. The average molecular weight is 272 g/mol. The van der Waals surface area contributed by atoms with Gasteiger partial charge in [-0.1, -0.05) is 13.3 Å². The van der Waals surface area contributed by atoms with Gasteiger partial charge in [0.1, 0.15) is 0 Å². The lowest BCUT2D eigenvalue weighted by atomic mass is 9.96. The molecule has 106 valence electrons. The van der Waals surface area contributed by atoms with E-state index in [4.69, 9.17) is 5.73 Å². The number of carbonyl (C=O) groups excluding carboxylic acids is 1. The van der Waals surface area contributed by atoms with Crippen LogP contribution in [-0.2, 0) is 4.79 Å². The van der Waals surface area contributed by atoms with Crippen LogP contribution in [0.1, 0.15) is 52.4 Å². The minimum absolute atomic E-state index is 0.0991. The molecule has 1 saturated heterocycles. The van der Waals surface area contributed by atoms with Gasteiger partial charge in [-0.2, -0.15) is 11.8 Å². The van der Waals surface area contributed by atoms with Gasteiger partial charge >= 0.3 is 0 Å². The quantitative estimate of drug-likeness (QED) is 0.725. The third-order valence-electron chi connectivity index (χ3n) is 3.58. The van der Waals surface area contributed by atoms with Gasteiger partial charge in [0.2, 0.25) is 5.91 Å². The number of nitrogens with two attached hydrogens (primary N) is 1. The van der Waals surface area contributed by atoms with E-state index in [2.05, 4.69) is 6.92 Å². The Labute approximate surface area is 116 Å². The monoisotopic (exact) mass is 272 g/mol. The van der Waals surface area contributed by atoms with Crippen LogP contribution >= 0.6 is 11.8 Å². The summed E-state index contributed by atoms with van der Waals surface area (Å²) in [5, 5.41) is 0. The third-order valence-corrected chi connectivity index (χ3v) is 4.65. The van der Waals surface area contributed by atoms with Gasteiger partial charge in [-0.05, 0) is 38.4 Å². The molecule has 2 unspecified atom stereocenters. The van der Waals surface area contributed by atoms with Crippen LogP contribution in [0, 0.1) is 0 Å². The lowest BCUT2D eigenvalue weighted by Crippen LogP contribution is -2.51. The molecule has 1 aliphatic heterocycles. The summed E-state index contributed by atoms with van der Waals surface area (Å²) in [6, 6.07) is 0.369. The molecule has 0 aromatic heterocycles. The molecule has 1 rings (SSSR count). The number of piperidine rings is 1. The van der Waals surface area contributed by atoms with E-state index >= 15 is 0 Å². The Balaban J connectivity index is 2.29. The highest BCUT2D eigenvalue weighted by atomic mass is 32.2. The molecule has 0 aromatic carbocycles. The molecule has 0 aliphatic carbocycles. The second-order valence-electron chi connectivity index (χ2n) is 5.23. The van der Waals surface area contributed by atoms with Gasteiger partial charge in [-0.3, -0.25) is 4.79 Å². The van der Waals surface area contributed by atoms with E-state index in [0.29, 0.717) is 12.3 Å². The number of thioether (sulfide) groups is 1. The van der Waals surface area contributed by atoms with E-state index in [-0.39, 0.29) is 12.1 Å².